The smallest absolute Gasteiger partial charge is 0.334 e. The zero-order valence-electron chi connectivity index (χ0n) is 15.6. The highest BCUT2D eigenvalue weighted by Gasteiger charge is 2.44. The van der Waals surface area contributed by atoms with Crippen LogP contribution in [-0.4, -0.2) is 67.0 Å². The minimum Gasteiger partial charge on any atom is -0.495 e. The Labute approximate surface area is 157 Å². The van der Waals surface area contributed by atoms with Gasteiger partial charge in [-0.2, -0.15) is 0 Å². The Kier molecular flexibility index (Phi) is 6.89. The fourth-order valence-electron chi connectivity index (χ4n) is 2.61. The van der Waals surface area contributed by atoms with Gasteiger partial charge in [-0.15, -0.1) is 0 Å². The van der Waals surface area contributed by atoms with E-state index in [2.05, 4.69) is 5.32 Å². The molecule has 0 saturated carbocycles. The summed E-state index contributed by atoms with van der Waals surface area (Å²) >= 11 is 0. The van der Waals surface area contributed by atoms with Gasteiger partial charge in [-0.1, -0.05) is 6.07 Å². The summed E-state index contributed by atoms with van der Waals surface area (Å²) < 4.78 is 10.3. The third kappa shape index (κ3) is 4.82. The number of urea groups is 1. The molecular formula is C18H23N3O6. The van der Waals surface area contributed by atoms with Gasteiger partial charge in [0.05, 0.1) is 12.8 Å². The first kappa shape index (κ1) is 20.4. The van der Waals surface area contributed by atoms with Gasteiger partial charge < -0.3 is 14.8 Å². The Morgan fingerprint density at radius 1 is 1.15 bits per heavy atom. The van der Waals surface area contributed by atoms with Crippen molar-refractivity contribution in [2.45, 2.75) is 20.3 Å². The van der Waals surface area contributed by atoms with Gasteiger partial charge >= 0.3 is 17.8 Å². The molecule has 1 aliphatic heterocycles. The van der Waals surface area contributed by atoms with Gasteiger partial charge in [0.15, 0.2) is 0 Å². The number of imide groups is 2. The number of anilines is 1. The van der Waals surface area contributed by atoms with E-state index in [4.69, 9.17) is 9.47 Å². The van der Waals surface area contributed by atoms with Crippen LogP contribution in [0.15, 0.2) is 18.2 Å². The standard InChI is InChI=1S/C18H23N3O6/c1-4-27-9-5-8-20-16(23)17(24)21(18(20)25)11-15(22)19-13-10-12(2)6-7-14(13)26-3/h6-7,10H,4-5,8-9,11H2,1-3H3,(H,19,22). The fraction of sp³-hybridized carbons (Fsp3) is 0.444. The minimum absolute atomic E-state index is 0.0627. The second-order valence-corrected chi connectivity index (χ2v) is 5.93. The van der Waals surface area contributed by atoms with Crippen molar-refractivity contribution >= 4 is 29.4 Å². The number of hydrogen-bond acceptors (Lipinski definition) is 6. The quantitative estimate of drug-likeness (QED) is 0.393. The van der Waals surface area contributed by atoms with E-state index in [0.29, 0.717) is 36.0 Å². The van der Waals surface area contributed by atoms with Crippen molar-refractivity contribution in [2.75, 3.05) is 38.7 Å². The molecule has 2 rings (SSSR count). The second kappa shape index (κ2) is 9.13. The van der Waals surface area contributed by atoms with Crippen LogP contribution in [0.5, 0.6) is 5.75 Å². The SMILES string of the molecule is CCOCCCN1C(=O)C(=O)N(CC(=O)Nc2cc(C)ccc2OC)C1=O. The molecule has 1 aromatic carbocycles. The Bertz CT molecular complexity index is 749. The van der Waals surface area contributed by atoms with Gasteiger partial charge in [0.2, 0.25) is 5.91 Å². The lowest BCUT2D eigenvalue weighted by Crippen LogP contribution is -2.39. The van der Waals surface area contributed by atoms with Crippen LogP contribution in [-0.2, 0) is 19.1 Å². The van der Waals surface area contributed by atoms with Crippen LogP contribution in [0.25, 0.3) is 0 Å². The zero-order valence-corrected chi connectivity index (χ0v) is 15.6. The molecule has 1 fully saturated rings. The Hall–Kier alpha value is -2.94. The molecule has 1 heterocycles. The Morgan fingerprint density at radius 3 is 2.52 bits per heavy atom. The monoisotopic (exact) mass is 377 g/mol. The summed E-state index contributed by atoms with van der Waals surface area (Å²) in [6, 6.07) is 4.42. The average Bonchev–Trinajstić information content (AvgIpc) is 2.83. The van der Waals surface area contributed by atoms with E-state index >= 15 is 0 Å². The zero-order chi connectivity index (χ0) is 20.0. The molecule has 0 atom stereocenters. The van der Waals surface area contributed by atoms with Crippen LogP contribution in [0.2, 0.25) is 0 Å². The normalized spacial score (nSPS) is 14.1. The summed E-state index contributed by atoms with van der Waals surface area (Å²) in [5.41, 5.74) is 1.32. The molecule has 0 radical (unpaired) electrons. The number of hydrogen-bond donors (Lipinski definition) is 1. The van der Waals surface area contributed by atoms with E-state index in [1.807, 2.05) is 19.9 Å². The maximum Gasteiger partial charge on any atom is 0.334 e. The molecule has 27 heavy (non-hydrogen) atoms. The third-order valence-corrected chi connectivity index (χ3v) is 3.94. The van der Waals surface area contributed by atoms with E-state index in [-0.39, 0.29) is 6.54 Å². The van der Waals surface area contributed by atoms with E-state index < -0.39 is 30.3 Å². The summed E-state index contributed by atoms with van der Waals surface area (Å²) in [6.45, 7) is 4.08. The number of ether oxygens (including phenoxy) is 2. The molecule has 146 valence electrons. The van der Waals surface area contributed by atoms with Crippen LogP contribution in [0, 0.1) is 6.92 Å². The lowest BCUT2D eigenvalue weighted by Gasteiger charge is -2.16. The van der Waals surface area contributed by atoms with Gasteiger partial charge in [-0.25, -0.2) is 9.69 Å². The van der Waals surface area contributed by atoms with Crippen molar-refractivity contribution in [3.05, 3.63) is 23.8 Å². The molecule has 9 heteroatoms. The third-order valence-electron chi connectivity index (χ3n) is 3.94. The molecule has 1 aliphatic rings. The molecule has 0 bridgehead atoms. The average molecular weight is 377 g/mol. The molecular weight excluding hydrogens is 354 g/mol. The van der Waals surface area contributed by atoms with Gasteiger partial charge in [-0.05, 0) is 38.0 Å². The van der Waals surface area contributed by atoms with Gasteiger partial charge in [-0.3, -0.25) is 19.3 Å². The maximum atomic E-state index is 12.3. The van der Waals surface area contributed by atoms with Crippen LogP contribution in [0.1, 0.15) is 18.9 Å². The number of benzene rings is 1. The number of aryl methyl sites for hydroxylation is 1. The Morgan fingerprint density at radius 2 is 1.85 bits per heavy atom. The van der Waals surface area contributed by atoms with Gasteiger partial charge in [0, 0.05) is 19.8 Å². The molecule has 1 aromatic rings. The number of rotatable bonds is 9. The predicted molar refractivity (Wildman–Crippen MR) is 96.3 cm³/mol. The van der Waals surface area contributed by atoms with Crippen molar-refractivity contribution in [1.29, 1.82) is 0 Å². The van der Waals surface area contributed by atoms with Gasteiger partial charge in [0.1, 0.15) is 12.3 Å². The van der Waals surface area contributed by atoms with Crippen LogP contribution < -0.4 is 10.1 Å². The van der Waals surface area contributed by atoms with E-state index in [1.165, 1.54) is 7.11 Å². The lowest BCUT2D eigenvalue weighted by atomic mass is 10.2. The Balaban J connectivity index is 2.01. The molecule has 0 unspecified atom stereocenters. The molecule has 1 N–H and O–H groups in total. The van der Waals surface area contributed by atoms with E-state index in [1.54, 1.807) is 12.1 Å². The van der Waals surface area contributed by atoms with Crippen molar-refractivity contribution in [2.24, 2.45) is 0 Å². The molecule has 1 saturated heterocycles. The topological polar surface area (TPSA) is 105 Å². The molecule has 0 aliphatic carbocycles. The maximum absolute atomic E-state index is 12.3. The summed E-state index contributed by atoms with van der Waals surface area (Å²) in [5, 5.41) is 2.60. The van der Waals surface area contributed by atoms with Crippen LogP contribution >= 0.6 is 0 Å². The largest absolute Gasteiger partial charge is 0.495 e. The number of nitrogens with zero attached hydrogens (tertiary/aromatic N) is 2. The highest BCUT2D eigenvalue weighted by atomic mass is 16.5. The summed E-state index contributed by atoms with van der Waals surface area (Å²) in [6.07, 6.45) is 0.416. The number of carbonyl (C=O) groups excluding carboxylic acids is 4. The molecule has 9 nitrogen and oxygen atoms in total. The van der Waals surface area contributed by atoms with Crippen molar-refractivity contribution in [3.63, 3.8) is 0 Å². The van der Waals surface area contributed by atoms with Crippen LogP contribution in [0.4, 0.5) is 10.5 Å². The number of nitrogens with one attached hydrogen (secondary N) is 1. The van der Waals surface area contributed by atoms with Crippen molar-refractivity contribution in [3.8, 4) is 5.75 Å². The number of carbonyl (C=O) groups is 4. The van der Waals surface area contributed by atoms with E-state index in [0.717, 1.165) is 10.5 Å². The summed E-state index contributed by atoms with van der Waals surface area (Å²) in [4.78, 5) is 50.1. The fourth-order valence-corrected chi connectivity index (χ4v) is 2.61. The van der Waals surface area contributed by atoms with Gasteiger partial charge in [0.25, 0.3) is 0 Å². The molecule has 0 aromatic heterocycles. The van der Waals surface area contributed by atoms with Crippen molar-refractivity contribution in [1.82, 2.24) is 9.80 Å². The first-order chi connectivity index (χ1) is 12.9. The lowest BCUT2D eigenvalue weighted by molar-refractivity contribution is -0.143. The number of amides is 5. The van der Waals surface area contributed by atoms with E-state index in [9.17, 15) is 19.2 Å². The number of methoxy groups -OCH3 is 1. The molecule has 5 amide bonds. The highest BCUT2D eigenvalue weighted by molar-refractivity contribution is 6.45. The summed E-state index contributed by atoms with van der Waals surface area (Å²) in [7, 11) is 1.46. The first-order valence-corrected chi connectivity index (χ1v) is 8.58. The first-order valence-electron chi connectivity index (χ1n) is 8.58. The second-order valence-electron chi connectivity index (χ2n) is 5.93. The van der Waals surface area contributed by atoms with Crippen molar-refractivity contribution < 1.29 is 28.7 Å². The summed E-state index contributed by atoms with van der Waals surface area (Å²) in [5.74, 6) is -2.11. The van der Waals surface area contributed by atoms with Crippen LogP contribution in [0.3, 0.4) is 0 Å². The molecule has 0 spiro atoms. The predicted octanol–water partition coefficient (Wildman–Crippen LogP) is 1.16. The minimum atomic E-state index is -1.01. The highest BCUT2D eigenvalue weighted by Crippen LogP contribution is 2.25.